The van der Waals surface area contributed by atoms with Gasteiger partial charge in [0, 0.05) is 68.0 Å². The molecule has 5 aromatic heterocycles. The lowest BCUT2D eigenvalue weighted by Crippen LogP contribution is -2.12. The number of rotatable bonds is 7. The van der Waals surface area contributed by atoms with Gasteiger partial charge in [-0.2, -0.15) is 0 Å². The molecule has 9 aromatic rings. The maximum absolute atomic E-state index is 13.8. The third-order valence-corrected chi connectivity index (χ3v) is 14.5. The summed E-state index contributed by atoms with van der Waals surface area (Å²) in [6.45, 7) is 22.2. The van der Waals surface area contributed by atoms with Gasteiger partial charge < -0.3 is 15.3 Å². The Kier molecular flexibility index (Phi) is 12.5. The third-order valence-electron chi connectivity index (χ3n) is 14.5. The summed E-state index contributed by atoms with van der Waals surface area (Å²) in [6, 6.07) is 50.8. The van der Waals surface area contributed by atoms with Crippen molar-refractivity contribution in [1.29, 1.82) is 0 Å². The summed E-state index contributed by atoms with van der Waals surface area (Å²) in [6.07, 6.45) is 12.0. The second-order valence-corrected chi connectivity index (χ2v) is 23.2. The first-order valence-electron chi connectivity index (χ1n) is 26.1. The van der Waals surface area contributed by atoms with Crippen LogP contribution in [0.15, 0.2) is 158 Å². The lowest BCUT2D eigenvalue weighted by atomic mass is 9.86. The Bertz CT molecular complexity index is 3890. The van der Waals surface area contributed by atoms with Crippen molar-refractivity contribution in [2.75, 3.05) is 5.32 Å². The van der Waals surface area contributed by atoms with Crippen molar-refractivity contribution in [3.8, 4) is 55.9 Å². The molecule has 0 spiro atoms. The lowest BCUT2D eigenvalue weighted by Gasteiger charge is -2.19. The van der Waals surface area contributed by atoms with E-state index in [2.05, 4.69) is 209 Å². The Labute approximate surface area is 445 Å². The van der Waals surface area contributed by atoms with Gasteiger partial charge in [0.15, 0.2) is 0 Å². The van der Waals surface area contributed by atoms with Gasteiger partial charge >= 0.3 is 0 Å². The largest absolute Gasteiger partial charge is 0.354 e. The SMILES string of the molecule is Cc1ccnc(-c2cc(C(=O)Nc3ccc(-c4c5nc(c(-c6ccc(C(C)(C)C)cc6)c6ccc([nH]6)c(-c6ccc(C(C)(C)C)cc6)c6nc(c(-c7ccc(C(C)(C)C)cc7)c7ccc4[nH]7)C=C6)C=C5)cc3)ccn2)c1. The van der Waals surface area contributed by atoms with Crippen molar-refractivity contribution in [2.24, 2.45) is 0 Å². The number of pyridine rings is 2. The monoisotopic (exact) mass is 994 g/mol. The molecule has 2 aliphatic heterocycles. The Morgan fingerprint density at radius 3 is 1.08 bits per heavy atom. The van der Waals surface area contributed by atoms with E-state index in [1.165, 1.54) is 16.7 Å². The molecule has 76 heavy (non-hydrogen) atoms. The smallest absolute Gasteiger partial charge is 0.255 e. The highest BCUT2D eigenvalue weighted by atomic mass is 16.1. The highest BCUT2D eigenvalue weighted by Gasteiger charge is 2.22. The first-order valence-corrected chi connectivity index (χ1v) is 26.1. The number of aryl methyl sites for hydroxylation is 1. The molecular weight excluding hydrogens is 931 g/mol. The van der Waals surface area contributed by atoms with Crippen molar-refractivity contribution >= 4 is 58.0 Å². The molecule has 0 saturated heterocycles. The topological polar surface area (TPSA) is 112 Å². The standard InChI is InChI=1S/C68H63N7O/c1-41-35-37-69-59(39-41)60-40-46(36-38-70-60)65(76)71-50-25-17-45(18-26-50)64-57-33-31-55(74-57)62(43-13-21-48(22-14-43)67(5,6)7)53-29-27-51(72-53)61(42-11-19-47(20-12-42)66(2,3)4)52-28-30-54(73-52)63(56-32-34-58(64)75-56)44-15-23-49(24-16-44)68(8,9)10/h11-40,72,75H,1-10H3,(H,71,76). The Balaban J connectivity index is 1.14. The van der Waals surface area contributed by atoms with E-state index in [1.54, 1.807) is 24.5 Å². The number of amides is 1. The van der Waals surface area contributed by atoms with Crippen LogP contribution >= 0.6 is 0 Å². The number of nitrogens with zero attached hydrogens (tertiary/aromatic N) is 4. The zero-order valence-corrected chi connectivity index (χ0v) is 45.0. The third kappa shape index (κ3) is 9.86. The molecule has 2 aliphatic rings. The lowest BCUT2D eigenvalue weighted by molar-refractivity contribution is 0.102. The van der Waals surface area contributed by atoms with E-state index in [0.717, 1.165) is 94.9 Å². The molecule has 4 aromatic carbocycles. The van der Waals surface area contributed by atoms with Crippen LogP contribution in [-0.4, -0.2) is 35.8 Å². The van der Waals surface area contributed by atoms with E-state index in [0.29, 0.717) is 22.6 Å². The summed E-state index contributed by atoms with van der Waals surface area (Å²) >= 11 is 0. The van der Waals surface area contributed by atoms with Crippen LogP contribution in [0.1, 0.15) is 118 Å². The number of aromatic amines is 2. The molecule has 0 atom stereocenters. The molecule has 0 fully saturated rings. The van der Waals surface area contributed by atoms with Gasteiger partial charge in [0.1, 0.15) is 0 Å². The molecule has 7 heterocycles. The molecule has 11 rings (SSSR count). The first-order chi connectivity index (χ1) is 36.3. The minimum Gasteiger partial charge on any atom is -0.354 e. The van der Waals surface area contributed by atoms with Crippen LogP contribution in [0.25, 0.3) is 102 Å². The van der Waals surface area contributed by atoms with E-state index < -0.39 is 0 Å². The van der Waals surface area contributed by atoms with Crippen molar-refractivity contribution in [1.82, 2.24) is 29.9 Å². The average Bonchev–Trinajstić information content (AvgIpc) is 4.27. The van der Waals surface area contributed by atoms with Crippen molar-refractivity contribution in [3.63, 3.8) is 0 Å². The summed E-state index contributed by atoms with van der Waals surface area (Å²) in [5.41, 5.74) is 22.4. The maximum atomic E-state index is 13.8. The van der Waals surface area contributed by atoms with Crippen LogP contribution in [0, 0.1) is 6.92 Å². The normalized spacial score (nSPS) is 12.6. The van der Waals surface area contributed by atoms with Crippen molar-refractivity contribution < 1.29 is 4.79 Å². The predicted octanol–water partition coefficient (Wildman–Crippen LogP) is 17.2. The van der Waals surface area contributed by atoms with Gasteiger partial charge in [-0.15, -0.1) is 0 Å². The summed E-state index contributed by atoms with van der Waals surface area (Å²) < 4.78 is 0. The van der Waals surface area contributed by atoms with Gasteiger partial charge in [-0.25, -0.2) is 9.97 Å². The van der Waals surface area contributed by atoms with Gasteiger partial charge in [-0.3, -0.25) is 14.8 Å². The van der Waals surface area contributed by atoms with E-state index >= 15 is 0 Å². The summed E-state index contributed by atoms with van der Waals surface area (Å²) in [7, 11) is 0. The second-order valence-electron chi connectivity index (χ2n) is 23.2. The zero-order chi connectivity index (χ0) is 53.1. The number of hydrogen-bond acceptors (Lipinski definition) is 5. The Morgan fingerprint density at radius 1 is 0.408 bits per heavy atom. The highest BCUT2D eigenvalue weighted by molar-refractivity contribution is 6.05. The maximum Gasteiger partial charge on any atom is 0.255 e. The molecule has 0 saturated carbocycles. The number of nitrogens with one attached hydrogen (secondary N) is 3. The second kappa shape index (κ2) is 19.2. The molecule has 8 nitrogen and oxygen atoms in total. The summed E-state index contributed by atoms with van der Waals surface area (Å²) in [5.74, 6) is -0.241. The molecule has 0 radical (unpaired) electrons. The van der Waals surface area contributed by atoms with E-state index in [9.17, 15) is 4.79 Å². The van der Waals surface area contributed by atoms with Crippen LogP contribution in [0.4, 0.5) is 5.69 Å². The summed E-state index contributed by atoms with van der Waals surface area (Å²) in [4.78, 5) is 41.7. The molecule has 8 bridgehead atoms. The molecule has 0 unspecified atom stereocenters. The fourth-order valence-electron chi connectivity index (χ4n) is 10.1. The van der Waals surface area contributed by atoms with Crippen LogP contribution in [0.3, 0.4) is 0 Å². The molecule has 1 amide bonds. The number of fused-ring (bicyclic) bond motifs is 8. The number of anilines is 1. The molecule has 376 valence electrons. The number of carbonyl (C=O) groups is 1. The van der Waals surface area contributed by atoms with Crippen LogP contribution < -0.4 is 5.32 Å². The van der Waals surface area contributed by atoms with Crippen molar-refractivity contribution in [2.45, 2.75) is 85.5 Å². The molecular formula is C68H63N7O. The number of hydrogen-bond donors (Lipinski definition) is 3. The van der Waals surface area contributed by atoms with E-state index in [-0.39, 0.29) is 22.2 Å². The van der Waals surface area contributed by atoms with E-state index in [1.807, 2.05) is 43.3 Å². The van der Waals surface area contributed by atoms with Crippen LogP contribution in [-0.2, 0) is 16.2 Å². The predicted molar refractivity (Wildman–Crippen MR) is 317 cm³/mol. The molecule has 0 aliphatic carbocycles. The fourth-order valence-corrected chi connectivity index (χ4v) is 10.1. The average molecular weight is 994 g/mol. The van der Waals surface area contributed by atoms with Crippen LogP contribution in [0.5, 0.6) is 0 Å². The van der Waals surface area contributed by atoms with Crippen molar-refractivity contribution in [3.05, 3.63) is 209 Å². The van der Waals surface area contributed by atoms with Gasteiger partial charge in [0.25, 0.3) is 5.91 Å². The Hall–Kier alpha value is -8.75. The van der Waals surface area contributed by atoms with Gasteiger partial charge in [0.05, 0.1) is 34.2 Å². The van der Waals surface area contributed by atoms with Gasteiger partial charge in [0.2, 0.25) is 0 Å². The zero-order valence-electron chi connectivity index (χ0n) is 45.0. The Morgan fingerprint density at radius 2 is 0.737 bits per heavy atom. The van der Waals surface area contributed by atoms with Gasteiger partial charge in [-0.05, 0) is 153 Å². The van der Waals surface area contributed by atoms with Crippen LogP contribution in [0.2, 0.25) is 0 Å². The van der Waals surface area contributed by atoms with E-state index in [4.69, 9.17) is 9.97 Å². The number of H-pyrrole nitrogens is 2. The summed E-state index contributed by atoms with van der Waals surface area (Å²) in [5, 5.41) is 3.12. The highest BCUT2D eigenvalue weighted by Crippen LogP contribution is 2.40. The minimum atomic E-state index is -0.241. The minimum absolute atomic E-state index is 0.000679. The quantitative estimate of drug-likeness (QED) is 0.147. The fraction of sp³-hybridized carbons (Fsp3) is 0.191. The first kappa shape index (κ1) is 49.5. The van der Waals surface area contributed by atoms with Gasteiger partial charge in [-0.1, -0.05) is 147 Å². The number of carbonyl (C=O) groups excluding carboxylic acids is 1. The molecule has 3 N–H and O–H groups in total. The number of benzene rings is 4. The number of aromatic nitrogens is 6. The molecule has 8 heteroatoms.